The van der Waals surface area contributed by atoms with E-state index in [0.29, 0.717) is 11.6 Å². The van der Waals surface area contributed by atoms with E-state index in [1.165, 1.54) is 5.56 Å². The summed E-state index contributed by atoms with van der Waals surface area (Å²) in [4.78, 5) is 26.7. The Morgan fingerprint density at radius 1 is 1.04 bits per heavy atom. The Morgan fingerprint density at radius 3 is 2.38 bits per heavy atom. The molecule has 1 aliphatic rings. The first-order chi connectivity index (χ1) is 12.5. The van der Waals surface area contributed by atoms with Gasteiger partial charge in [-0.2, -0.15) is 0 Å². The maximum absolute atomic E-state index is 13.1. The highest BCUT2D eigenvalue weighted by Crippen LogP contribution is 2.29. The molecule has 0 saturated heterocycles. The number of carbonyl (C=O) groups is 2. The van der Waals surface area contributed by atoms with Crippen LogP contribution < -0.4 is 15.5 Å². The molecule has 2 aromatic rings. The Kier molecular flexibility index (Phi) is 5.38. The summed E-state index contributed by atoms with van der Waals surface area (Å²) in [5.74, 6) is 0.172. The Labute approximate surface area is 154 Å². The fourth-order valence-corrected chi connectivity index (χ4v) is 3.46. The van der Waals surface area contributed by atoms with Crippen LogP contribution in [0.2, 0.25) is 0 Å². The number of nitrogens with two attached hydrogens (primary N) is 1. The van der Waals surface area contributed by atoms with Crippen molar-refractivity contribution in [3.63, 3.8) is 0 Å². The largest absolute Gasteiger partial charge is 0.330 e. The lowest BCUT2D eigenvalue weighted by atomic mass is 9.95. The summed E-state index contributed by atoms with van der Waals surface area (Å²) >= 11 is 0. The van der Waals surface area contributed by atoms with Crippen LogP contribution in [0.25, 0.3) is 0 Å². The molecule has 5 heteroatoms. The lowest BCUT2D eigenvalue weighted by Crippen LogP contribution is -2.93. The first-order valence-electron chi connectivity index (χ1n) is 9.07. The third-order valence-electron chi connectivity index (χ3n) is 4.82. The van der Waals surface area contributed by atoms with E-state index >= 15 is 0 Å². The van der Waals surface area contributed by atoms with Crippen LogP contribution in [-0.4, -0.2) is 24.4 Å². The SMILES string of the molecule is CC(C)[C@@H]([NH2+][C@H](C)C(=O)N1CC(=O)Nc2ccccc21)c1ccccc1. The molecule has 1 aliphatic heterocycles. The van der Waals surface area contributed by atoms with Crippen LogP contribution in [0.4, 0.5) is 11.4 Å². The van der Waals surface area contributed by atoms with Crippen molar-refractivity contribution in [3.8, 4) is 0 Å². The van der Waals surface area contributed by atoms with E-state index < -0.39 is 0 Å². The molecule has 1 heterocycles. The third kappa shape index (κ3) is 3.78. The summed E-state index contributed by atoms with van der Waals surface area (Å²) in [6, 6.07) is 17.6. The second-order valence-corrected chi connectivity index (χ2v) is 7.15. The van der Waals surface area contributed by atoms with Gasteiger partial charge in [-0.25, -0.2) is 0 Å². The lowest BCUT2D eigenvalue weighted by molar-refractivity contribution is -0.719. The molecular formula is C21H26N3O2+. The van der Waals surface area contributed by atoms with E-state index in [9.17, 15) is 9.59 Å². The van der Waals surface area contributed by atoms with Gasteiger partial charge in [-0.15, -0.1) is 0 Å². The molecule has 0 aromatic heterocycles. The molecule has 5 nitrogen and oxygen atoms in total. The molecule has 136 valence electrons. The number of hydrogen-bond acceptors (Lipinski definition) is 2. The van der Waals surface area contributed by atoms with Crippen LogP contribution in [0.5, 0.6) is 0 Å². The molecule has 0 aliphatic carbocycles. The number of para-hydroxylation sites is 2. The molecule has 26 heavy (non-hydrogen) atoms. The van der Waals surface area contributed by atoms with E-state index in [2.05, 4.69) is 36.6 Å². The molecule has 3 N–H and O–H groups in total. The highest BCUT2D eigenvalue weighted by atomic mass is 16.2. The average Bonchev–Trinajstić information content (AvgIpc) is 2.65. The van der Waals surface area contributed by atoms with Crippen LogP contribution >= 0.6 is 0 Å². The van der Waals surface area contributed by atoms with Crippen LogP contribution in [0.1, 0.15) is 32.4 Å². The molecule has 2 atom stereocenters. The first kappa shape index (κ1) is 18.1. The Hall–Kier alpha value is -2.66. The first-order valence-corrected chi connectivity index (χ1v) is 9.07. The van der Waals surface area contributed by atoms with Gasteiger partial charge >= 0.3 is 0 Å². The second-order valence-electron chi connectivity index (χ2n) is 7.15. The molecule has 0 radical (unpaired) electrons. The molecule has 0 fully saturated rings. The van der Waals surface area contributed by atoms with Crippen LogP contribution in [0.15, 0.2) is 54.6 Å². The summed E-state index contributed by atoms with van der Waals surface area (Å²) in [7, 11) is 0. The van der Waals surface area contributed by atoms with Crippen molar-refractivity contribution in [2.24, 2.45) is 5.92 Å². The van der Waals surface area contributed by atoms with Crippen LogP contribution in [0.3, 0.4) is 0 Å². The fourth-order valence-electron chi connectivity index (χ4n) is 3.46. The predicted octanol–water partition coefficient (Wildman–Crippen LogP) is 2.32. The van der Waals surface area contributed by atoms with Crippen molar-refractivity contribution in [2.45, 2.75) is 32.9 Å². The highest BCUT2D eigenvalue weighted by Gasteiger charge is 2.33. The van der Waals surface area contributed by atoms with E-state index in [4.69, 9.17) is 0 Å². The van der Waals surface area contributed by atoms with Gasteiger partial charge in [0.25, 0.3) is 5.91 Å². The van der Waals surface area contributed by atoms with Gasteiger partial charge in [0.2, 0.25) is 5.91 Å². The van der Waals surface area contributed by atoms with Gasteiger partial charge in [0.15, 0.2) is 6.04 Å². The topological polar surface area (TPSA) is 66.0 Å². The number of quaternary nitrogens is 1. The van der Waals surface area contributed by atoms with Gasteiger partial charge in [0.1, 0.15) is 12.6 Å². The van der Waals surface area contributed by atoms with Crippen molar-refractivity contribution in [1.29, 1.82) is 0 Å². The molecular weight excluding hydrogens is 326 g/mol. The molecule has 2 aromatic carbocycles. The minimum atomic E-state index is -0.290. The van der Waals surface area contributed by atoms with Crippen molar-refractivity contribution in [2.75, 3.05) is 16.8 Å². The molecule has 2 amide bonds. The van der Waals surface area contributed by atoms with Crippen LogP contribution in [-0.2, 0) is 9.59 Å². The second kappa shape index (κ2) is 7.70. The molecule has 3 rings (SSSR count). The molecule has 0 unspecified atom stereocenters. The van der Waals surface area contributed by atoms with Gasteiger partial charge < -0.3 is 10.6 Å². The number of benzene rings is 2. The zero-order valence-corrected chi connectivity index (χ0v) is 15.5. The predicted molar refractivity (Wildman–Crippen MR) is 103 cm³/mol. The number of nitrogens with one attached hydrogen (secondary N) is 1. The summed E-state index contributed by atoms with van der Waals surface area (Å²) in [6.45, 7) is 6.30. The third-order valence-corrected chi connectivity index (χ3v) is 4.82. The number of carbonyl (C=O) groups excluding carboxylic acids is 2. The Bertz CT molecular complexity index is 789. The van der Waals surface area contributed by atoms with Gasteiger partial charge in [0, 0.05) is 11.5 Å². The van der Waals surface area contributed by atoms with Crippen LogP contribution in [0, 0.1) is 5.92 Å². The number of fused-ring (bicyclic) bond motifs is 1. The van der Waals surface area contributed by atoms with Crippen molar-refractivity contribution in [3.05, 3.63) is 60.2 Å². The number of anilines is 2. The normalized spacial score (nSPS) is 16.0. The van der Waals surface area contributed by atoms with E-state index in [1.807, 2.05) is 49.4 Å². The zero-order chi connectivity index (χ0) is 18.7. The van der Waals surface area contributed by atoms with Crippen molar-refractivity contribution < 1.29 is 14.9 Å². The molecule has 0 saturated carbocycles. The smallest absolute Gasteiger partial charge is 0.285 e. The van der Waals surface area contributed by atoms with Gasteiger partial charge in [-0.1, -0.05) is 56.3 Å². The zero-order valence-electron chi connectivity index (χ0n) is 15.5. The number of amides is 2. The van der Waals surface area contributed by atoms with Gasteiger partial charge in [-0.05, 0) is 19.1 Å². The van der Waals surface area contributed by atoms with Crippen molar-refractivity contribution in [1.82, 2.24) is 0 Å². The standard InChI is InChI=1S/C21H25N3O2/c1-14(2)20(16-9-5-4-6-10-16)22-15(3)21(26)24-13-19(25)23-17-11-7-8-12-18(17)24/h4-12,14-15,20,22H,13H2,1-3H3,(H,23,25)/p+1/t15-,20-/m1/s1. The van der Waals surface area contributed by atoms with Gasteiger partial charge in [-0.3, -0.25) is 14.5 Å². The minimum Gasteiger partial charge on any atom is -0.330 e. The average molecular weight is 352 g/mol. The van der Waals surface area contributed by atoms with E-state index in [0.717, 1.165) is 5.69 Å². The maximum Gasteiger partial charge on any atom is 0.285 e. The Balaban J connectivity index is 1.80. The maximum atomic E-state index is 13.1. The highest BCUT2D eigenvalue weighted by molar-refractivity contribution is 6.10. The summed E-state index contributed by atoms with van der Waals surface area (Å²) in [5.41, 5.74) is 2.66. The quantitative estimate of drug-likeness (QED) is 0.867. The summed E-state index contributed by atoms with van der Waals surface area (Å²) in [6.07, 6.45) is 0. The number of hydrogen-bond donors (Lipinski definition) is 2. The lowest BCUT2D eigenvalue weighted by Gasteiger charge is -2.31. The van der Waals surface area contributed by atoms with Gasteiger partial charge in [0.05, 0.1) is 11.4 Å². The fraction of sp³-hybridized carbons (Fsp3) is 0.333. The summed E-state index contributed by atoms with van der Waals surface area (Å²) in [5, 5.41) is 4.93. The summed E-state index contributed by atoms with van der Waals surface area (Å²) < 4.78 is 0. The minimum absolute atomic E-state index is 0.0473. The monoisotopic (exact) mass is 352 g/mol. The van der Waals surface area contributed by atoms with Crippen molar-refractivity contribution >= 4 is 23.2 Å². The Morgan fingerprint density at radius 2 is 1.69 bits per heavy atom. The molecule has 0 bridgehead atoms. The van der Waals surface area contributed by atoms with E-state index in [-0.39, 0.29) is 30.4 Å². The number of rotatable bonds is 5. The molecule has 0 spiro atoms. The van der Waals surface area contributed by atoms with E-state index in [1.54, 1.807) is 4.90 Å². The number of nitrogens with zero attached hydrogens (tertiary/aromatic N) is 1.